The number of aromatic nitrogens is 1. The predicted octanol–water partition coefficient (Wildman–Crippen LogP) is 2.40. The number of hydrogen-bond donors (Lipinski definition) is 1. The highest BCUT2D eigenvalue weighted by Crippen LogP contribution is 2.26. The topological polar surface area (TPSA) is 65.9 Å². The third-order valence-corrected chi connectivity index (χ3v) is 5.29. The number of carboxylic acid groups (broad SMARTS) is 1. The molecule has 2 aromatic rings. The summed E-state index contributed by atoms with van der Waals surface area (Å²) in [7, 11) is 1.59. The van der Waals surface area contributed by atoms with Crippen LogP contribution in [-0.2, 0) is 11.3 Å². The van der Waals surface area contributed by atoms with Gasteiger partial charge in [-0.15, -0.1) is 11.3 Å². The first-order valence-corrected chi connectivity index (χ1v) is 9.19. The maximum absolute atomic E-state index is 11.9. The fraction of sp³-hybridized carbons (Fsp3) is 0.444. The van der Waals surface area contributed by atoms with Gasteiger partial charge in [0.1, 0.15) is 11.8 Å². The van der Waals surface area contributed by atoms with Crippen LogP contribution in [0, 0.1) is 6.92 Å². The van der Waals surface area contributed by atoms with Crippen molar-refractivity contribution in [1.29, 1.82) is 0 Å². The molecular formula is C18H23N3O3S. The lowest BCUT2D eigenvalue weighted by Crippen LogP contribution is -2.48. The smallest absolute Gasteiger partial charge is 0.325 e. The number of benzene rings is 1. The van der Waals surface area contributed by atoms with E-state index in [2.05, 4.69) is 15.3 Å². The number of rotatable bonds is 6. The number of aliphatic carboxylic acids is 1. The molecule has 0 aliphatic carbocycles. The Labute approximate surface area is 151 Å². The maximum atomic E-state index is 11.9. The fourth-order valence-electron chi connectivity index (χ4n) is 3.21. The Balaban J connectivity index is 1.65. The fourth-order valence-corrected chi connectivity index (χ4v) is 3.81. The third kappa shape index (κ3) is 4.36. The molecule has 1 fully saturated rings. The van der Waals surface area contributed by atoms with Crippen LogP contribution >= 0.6 is 11.3 Å². The first-order chi connectivity index (χ1) is 12.1. The first kappa shape index (κ1) is 17.8. The SMILES string of the molecule is COc1cccc(C(C(=O)O)N2CCN(Cc3csc(C)n3)CC2)c1. The molecule has 1 aromatic carbocycles. The van der Waals surface area contributed by atoms with Gasteiger partial charge in [0.05, 0.1) is 17.8 Å². The van der Waals surface area contributed by atoms with Gasteiger partial charge >= 0.3 is 5.97 Å². The van der Waals surface area contributed by atoms with Gasteiger partial charge < -0.3 is 9.84 Å². The molecule has 134 valence electrons. The molecule has 0 radical (unpaired) electrons. The molecular weight excluding hydrogens is 338 g/mol. The molecule has 1 aromatic heterocycles. The number of ether oxygens (including phenoxy) is 1. The van der Waals surface area contributed by atoms with Crippen molar-refractivity contribution in [2.45, 2.75) is 19.5 Å². The van der Waals surface area contributed by atoms with E-state index in [0.717, 1.165) is 49.0 Å². The Morgan fingerprint density at radius 2 is 2.12 bits per heavy atom. The first-order valence-electron chi connectivity index (χ1n) is 8.31. The number of carbonyl (C=O) groups is 1. The third-order valence-electron chi connectivity index (χ3n) is 4.47. The van der Waals surface area contributed by atoms with Crippen molar-refractivity contribution in [3.8, 4) is 5.75 Å². The number of hydrogen-bond acceptors (Lipinski definition) is 6. The Morgan fingerprint density at radius 1 is 1.36 bits per heavy atom. The molecule has 0 saturated carbocycles. The van der Waals surface area contributed by atoms with E-state index in [0.29, 0.717) is 5.75 Å². The Bertz CT molecular complexity index is 726. The number of thiazole rings is 1. The molecule has 0 amide bonds. The lowest BCUT2D eigenvalue weighted by molar-refractivity contribution is -0.144. The van der Waals surface area contributed by atoms with Crippen LogP contribution in [0.3, 0.4) is 0 Å². The summed E-state index contributed by atoms with van der Waals surface area (Å²) >= 11 is 1.67. The zero-order valence-electron chi connectivity index (χ0n) is 14.5. The molecule has 1 unspecified atom stereocenters. The van der Waals surface area contributed by atoms with Gasteiger partial charge in [-0.3, -0.25) is 14.6 Å². The highest BCUT2D eigenvalue weighted by molar-refractivity contribution is 7.09. The maximum Gasteiger partial charge on any atom is 0.325 e. The van der Waals surface area contributed by atoms with Gasteiger partial charge in [0, 0.05) is 38.1 Å². The summed E-state index contributed by atoms with van der Waals surface area (Å²) in [5.41, 5.74) is 1.86. The largest absolute Gasteiger partial charge is 0.497 e. The minimum Gasteiger partial charge on any atom is -0.497 e. The average Bonchev–Trinajstić information content (AvgIpc) is 3.01. The van der Waals surface area contributed by atoms with Crippen LogP contribution in [0.25, 0.3) is 0 Å². The summed E-state index contributed by atoms with van der Waals surface area (Å²) < 4.78 is 5.23. The van der Waals surface area contributed by atoms with Gasteiger partial charge in [0.15, 0.2) is 0 Å². The number of methoxy groups -OCH3 is 1. The quantitative estimate of drug-likeness (QED) is 0.852. The van der Waals surface area contributed by atoms with Crippen LogP contribution < -0.4 is 4.74 Å². The van der Waals surface area contributed by atoms with E-state index in [-0.39, 0.29) is 0 Å². The van der Waals surface area contributed by atoms with Gasteiger partial charge in [-0.2, -0.15) is 0 Å². The van der Waals surface area contributed by atoms with Crippen molar-refractivity contribution in [2.24, 2.45) is 0 Å². The molecule has 1 atom stereocenters. The number of aryl methyl sites for hydroxylation is 1. The highest BCUT2D eigenvalue weighted by atomic mass is 32.1. The van der Waals surface area contributed by atoms with E-state index in [4.69, 9.17) is 4.74 Å². The summed E-state index contributed by atoms with van der Waals surface area (Å²) in [4.78, 5) is 20.7. The normalized spacial score (nSPS) is 17.4. The van der Waals surface area contributed by atoms with Crippen LogP contribution in [-0.4, -0.2) is 59.1 Å². The summed E-state index contributed by atoms with van der Waals surface area (Å²) in [6.45, 7) is 5.95. The van der Waals surface area contributed by atoms with Crippen LogP contribution in [0.5, 0.6) is 5.75 Å². The van der Waals surface area contributed by atoms with E-state index in [9.17, 15) is 9.90 Å². The predicted molar refractivity (Wildman–Crippen MR) is 97.1 cm³/mol. The van der Waals surface area contributed by atoms with Crippen molar-refractivity contribution >= 4 is 17.3 Å². The van der Waals surface area contributed by atoms with Crippen molar-refractivity contribution in [3.05, 3.63) is 45.9 Å². The zero-order chi connectivity index (χ0) is 17.8. The molecule has 6 nitrogen and oxygen atoms in total. The molecule has 1 aliphatic rings. The Morgan fingerprint density at radius 3 is 2.72 bits per heavy atom. The van der Waals surface area contributed by atoms with Gasteiger partial charge in [-0.1, -0.05) is 12.1 Å². The van der Waals surface area contributed by atoms with E-state index < -0.39 is 12.0 Å². The van der Waals surface area contributed by atoms with Gasteiger partial charge in [-0.05, 0) is 24.6 Å². The lowest BCUT2D eigenvalue weighted by Gasteiger charge is -2.37. The second-order valence-electron chi connectivity index (χ2n) is 6.19. The highest BCUT2D eigenvalue weighted by Gasteiger charge is 2.30. The monoisotopic (exact) mass is 361 g/mol. The summed E-state index contributed by atoms with van der Waals surface area (Å²) in [6.07, 6.45) is 0. The van der Waals surface area contributed by atoms with Crippen LogP contribution in [0.1, 0.15) is 22.3 Å². The minimum absolute atomic E-state index is 0.640. The second kappa shape index (κ2) is 7.95. The van der Waals surface area contributed by atoms with Crippen molar-refractivity contribution in [1.82, 2.24) is 14.8 Å². The van der Waals surface area contributed by atoms with Crippen LogP contribution in [0.15, 0.2) is 29.6 Å². The number of piperazine rings is 1. The Kier molecular flexibility index (Phi) is 5.67. The van der Waals surface area contributed by atoms with E-state index in [1.165, 1.54) is 0 Å². The van der Waals surface area contributed by atoms with Gasteiger partial charge in [-0.25, -0.2) is 4.98 Å². The molecule has 1 aliphatic heterocycles. The van der Waals surface area contributed by atoms with Crippen molar-refractivity contribution in [3.63, 3.8) is 0 Å². The van der Waals surface area contributed by atoms with Crippen molar-refractivity contribution in [2.75, 3.05) is 33.3 Å². The average molecular weight is 361 g/mol. The Hall–Kier alpha value is -1.96. The molecule has 0 spiro atoms. The van der Waals surface area contributed by atoms with E-state index in [1.54, 1.807) is 18.4 Å². The number of carboxylic acids is 1. The molecule has 1 N–H and O–H groups in total. The molecule has 25 heavy (non-hydrogen) atoms. The second-order valence-corrected chi connectivity index (χ2v) is 7.25. The summed E-state index contributed by atoms with van der Waals surface area (Å²) in [6, 6.07) is 6.69. The van der Waals surface area contributed by atoms with Gasteiger partial charge in [0.25, 0.3) is 0 Å². The summed E-state index contributed by atoms with van der Waals surface area (Å²) in [5, 5.41) is 12.9. The van der Waals surface area contributed by atoms with Crippen LogP contribution in [0.4, 0.5) is 0 Å². The van der Waals surface area contributed by atoms with E-state index >= 15 is 0 Å². The molecule has 3 rings (SSSR count). The number of nitrogens with zero attached hydrogens (tertiary/aromatic N) is 3. The molecule has 0 bridgehead atoms. The van der Waals surface area contributed by atoms with Crippen LogP contribution in [0.2, 0.25) is 0 Å². The molecule has 2 heterocycles. The minimum atomic E-state index is -0.822. The molecule has 1 saturated heterocycles. The van der Waals surface area contributed by atoms with E-state index in [1.807, 2.05) is 36.1 Å². The zero-order valence-corrected chi connectivity index (χ0v) is 15.3. The molecule has 7 heteroatoms. The summed E-state index contributed by atoms with van der Waals surface area (Å²) in [5.74, 6) is -0.141. The van der Waals surface area contributed by atoms with Crippen molar-refractivity contribution < 1.29 is 14.6 Å². The van der Waals surface area contributed by atoms with Gasteiger partial charge in [0.2, 0.25) is 0 Å². The standard InChI is InChI=1S/C18H23N3O3S/c1-13-19-15(12-25-13)11-20-6-8-21(9-7-20)17(18(22)23)14-4-3-5-16(10-14)24-2/h3-5,10,12,17H,6-9,11H2,1-2H3,(H,22,23). The lowest BCUT2D eigenvalue weighted by atomic mass is 10.0.